The van der Waals surface area contributed by atoms with E-state index in [0.717, 1.165) is 16.1 Å². The summed E-state index contributed by atoms with van der Waals surface area (Å²) in [5, 5.41) is -0.00753. The lowest BCUT2D eigenvalue weighted by atomic mass is 10.3. The number of nitrogens with two attached hydrogens (primary N) is 1. The maximum absolute atomic E-state index is 12.0. The second kappa shape index (κ2) is 5.74. The summed E-state index contributed by atoms with van der Waals surface area (Å²) in [6.07, 6.45) is 1.46. The van der Waals surface area contributed by atoms with E-state index in [1.54, 1.807) is 11.6 Å². The second-order valence-corrected chi connectivity index (χ2v) is 6.55. The molecule has 0 saturated carbocycles. The van der Waals surface area contributed by atoms with Gasteiger partial charge in [-0.05, 0) is 18.6 Å². The second-order valence-electron chi connectivity index (χ2n) is 3.89. The zero-order chi connectivity index (χ0) is 13.9. The average molecular weight is 298 g/mol. The van der Waals surface area contributed by atoms with E-state index in [-0.39, 0.29) is 11.6 Å². The number of nitrogens with one attached hydrogen (secondary N) is 1. The quantitative estimate of drug-likeness (QED) is 0.850. The molecule has 0 fully saturated rings. The number of hydrogen-bond acceptors (Lipinski definition) is 6. The molecule has 102 valence electrons. The summed E-state index contributed by atoms with van der Waals surface area (Å²) in [4.78, 5) is 8.86. The van der Waals surface area contributed by atoms with Gasteiger partial charge < -0.3 is 5.73 Å². The number of rotatable bonds is 5. The van der Waals surface area contributed by atoms with Crippen LogP contribution >= 0.6 is 11.3 Å². The van der Waals surface area contributed by atoms with Crippen LogP contribution in [0, 0.1) is 6.92 Å². The molecule has 0 aliphatic carbocycles. The van der Waals surface area contributed by atoms with Gasteiger partial charge in [0.1, 0.15) is 0 Å². The fourth-order valence-corrected chi connectivity index (χ4v) is 3.15. The molecule has 0 amide bonds. The van der Waals surface area contributed by atoms with Crippen LogP contribution in [0.3, 0.4) is 0 Å². The van der Waals surface area contributed by atoms with Crippen LogP contribution in [0.2, 0.25) is 0 Å². The van der Waals surface area contributed by atoms with Gasteiger partial charge in [0.05, 0.1) is 11.2 Å². The van der Waals surface area contributed by atoms with Crippen LogP contribution in [0.5, 0.6) is 0 Å². The van der Waals surface area contributed by atoms with Crippen LogP contribution in [0.15, 0.2) is 28.9 Å². The Balaban J connectivity index is 2.11. The number of aromatic nitrogens is 2. The molecule has 19 heavy (non-hydrogen) atoms. The van der Waals surface area contributed by atoms with Gasteiger partial charge in [0.2, 0.25) is 0 Å². The number of sulfonamides is 1. The first kappa shape index (κ1) is 14.1. The summed E-state index contributed by atoms with van der Waals surface area (Å²) in [5.41, 5.74) is 8.75. The molecule has 0 bridgehead atoms. The summed E-state index contributed by atoms with van der Waals surface area (Å²) < 4.78 is 26.5. The predicted molar refractivity (Wildman–Crippen MR) is 73.0 cm³/mol. The molecular formula is C11H14N4O2S2. The number of thiazole rings is 1. The highest BCUT2D eigenvalue weighted by atomic mass is 32.2. The molecule has 2 rings (SSSR count). The Labute approximate surface area is 115 Å². The maximum Gasteiger partial charge on any atom is 0.258 e. The smallest absolute Gasteiger partial charge is 0.258 e. The zero-order valence-corrected chi connectivity index (χ0v) is 12.0. The summed E-state index contributed by atoms with van der Waals surface area (Å²) in [7, 11) is -3.60. The van der Waals surface area contributed by atoms with Crippen LogP contribution in [0.4, 0.5) is 0 Å². The van der Waals surface area contributed by atoms with Crippen molar-refractivity contribution in [1.29, 1.82) is 0 Å². The minimum absolute atomic E-state index is 0.00753. The number of pyridine rings is 1. The van der Waals surface area contributed by atoms with Crippen molar-refractivity contribution in [2.24, 2.45) is 5.73 Å². The molecule has 0 aromatic carbocycles. The van der Waals surface area contributed by atoms with Crippen LogP contribution in [-0.4, -0.2) is 18.4 Å². The first-order chi connectivity index (χ1) is 9.03. The monoisotopic (exact) mass is 298 g/mol. The number of nitrogens with zero attached hydrogens (tertiary/aromatic N) is 2. The van der Waals surface area contributed by atoms with E-state index in [2.05, 4.69) is 14.7 Å². The van der Waals surface area contributed by atoms with E-state index in [1.165, 1.54) is 23.6 Å². The van der Waals surface area contributed by atoms with Gasteiger partial charge in [-0.1, -0.05) is 6.07 Å². The van der Waals surface area contributed by atoms with Gasteiger partial charge in [-0.3, -0.25) is 0 Å². The minimum atomic E-state index is -3.60. The van der Waals surface area contributed by atoms with E-state index in [9.17, 15) is 8.42 Å². The Bertz CT molecular complexity index is 650. The lowest BCUT2D eigenvalue weighted by molar-refractivity contribution is 0.577. The molecule has 0 unspecified atom stereocenters. The van der Waals surface area contributed by atoms with Crippen LogP contribution in [0.1, 0.15) is 16.1 Å². The Kier molecular flexibility index (Phi) is 4.25. The summed E-state index contributed by atoms with van der Waals surface area (Å²) in [5.74, 6) is 0. The molecule has 8 heteroatoms. The third-order valence-electron chi connectivity index (χ3n) is 2.58. The highest BCUT2D eigenvalue weighted by Crippen LogP contribution is 2.13. The molecule has 2 aromatic rings. The lowest BCUT2D eigenvalue weighted by Gasteiger charge is -2.05. The molecule has 0 radical (unpaired) electrons. The molecule has 0 saturated heterocycles. The Morgan fingerprint density at radius 2 is 2.16 bits per heavy atom. The van der Waals surface area contributed by atoms with Crippen molar-refractivity contribution in [3.05, 3.63) is 40.0 Å². The zero-order valence-electron chi connectivity index (χ0n) is 10.3. The van der Waals surface area contributed by atoms with E-state index < -0.39 is 10.0 Å². The SMILES string of the molecule is Cc1ncsc1CNS(=O)(=O)c1ccc(CN)cn1. The van der Waals surface area contributed by atoms with Gasteiger partial charge in [0.25, 0.3) is 10.0 Å². The predicted octanol–water partition coefficient (Wildman–Crippen LogP) is 0.784. The van der Waals surface area contributed by atoms with Gasteiger partial charge in [-0.25, -0.2) is 23.1 Å². The maximum atomic E-state index is 12.0. The minimum Gasteiger partial charge on any atom is -0.326 e. The highest BCUT2D eigenvalue weighted by Gasteiger charge is 2.16. The summed E-state index contributed by atoms with van der Waals surface area (Å²) in [6, 6.07) is 3.10. The lowest BCUT2D eigenvalue weighted by Crippen LogP contribution is -2.24. The van der Waals surface area contributed by atoms with Crippen LogP contribution in [-0.2, 0) is 23.1 Å². The van der Waals surface area contributed by atoms with Crippen molar-refractivity contribution in [2.75, 3.05) is 0 Å². The molecule has 2 aromatic heterocycles. The Morgan fingerprint density at radius 3 is 2.68 bits per heavy atom. The third kappa shape index (κ3) is 3.35. The van der Waals surface area contributed by atoms with Crippen LogP contribution < -0.4 is 10.5 Å². The van der Waals surface area contributed by atoms with E-state index >= 15 is 0 Å². The number of aryl methyl sites for hydroxylation is 1. The van der Waals surface area contributed by atoms with Gasteiger partial charge >= 0.3 is 0 Å². The van der Waals surface area contributed by atoms with Crippen LogP contribution in [0.25, 0.3) is 0 Å². The van der Waals surface area contributed by atoms with Gasteiger partial charge in [0, 0.05) is 24.2 Å². The Morgan fingerprint density at radius 1 is 1.37 bits per heavy atom. The Hall–Kier alpha value is -1.35. The van der Waals surface area contributed by atoms with Crippen molar-refractivity contribution in [2.45, 2.75) is 25.0 Å². The third-order valence-corrected chi connectivity index (χ3v) is 4.83. The molecular weight excluding hydrogens is 284 g/mol. The molecule has 0 spiro atoms. The van der Waals surface area contributed by atoms with Gasteiger partial charge in [-0.15, -0.1) is 11.3 Å². The van der Waals surface area contributed by atoms with E-state index in [1.807, 2.05) is 6.92 Å². The first-order valence-corrected chi connectivity index (χ1v) is 7.93. The average Bonchev–Trinajstić information content (AvgIpc) is 2.82. The van der Waals surface area contributed by atoms with Gasteiger partial charge in [-0.2, -0.15) is 0 Å². The largest absolute Gasteiger partial charge is 0.326 e. The normalized spacial score (nSPS) is 11.7. The first-order valence-electron chi connectivity index (χ1n) is 5.56. The van der Waals surface area contributed by atoms with E-state index in [0.29, 0.717) is 6.54 Å². The van der Waals surface area contributed by atoms with Gasteiger partial charge in [0.15, 0.2) is 5.03 Å². The molecule has 2 heterocycles. The molecule has 0 aliphatic heterocycles. The van der Waals surface area contributed by atoms with Crippen molar-refractivity contribution in [3.63, 3.8) is 0 Å². The fraction of sp³-hybridized carbons (Fsp3) is 0.273. The topological polar surface area (TPSA) is 98.0 Å². The van der Waals surface area contributed by atoms with E-state index in [4.69, 9.17) is 5.73 Å². The summed E-state index contributed by atoms with van der Waals surface area (Å²) in [6.45, 7) is 2.40. The highest BCUT2D eigenvalue weighted by molar-refractivity contribution is 7.89. The molecule has 0 atom stereocenters. The van der Waals surface area contributed by atoms with Crippen molar-refractivity contribution >= 4 is 21.4 Å². The fourth-order valence-electron chi connectivity index (χ4n) is 1.42. The summed E-state index contributed by atoms with van der Waals surface area (Å²) >= 11 is 1.42. The van der Waals surface area contributed by atoms with Crippen molar-refractivity contribution in [1.82, 2.24) is 14.7 Å². The molecule has 0 aliphatic rings. The van der Waals surface area contributed by atoms with Crippen molar-refractivity contribution in [3.8, 4) is 0 Å². The molecule has 6 nitrogen and oxygen atoms in total. The van der Waals surface area contributed by atoms with Crippen molar-refractivity contribution < 1.29 is 8.42 Å². The standard InChI is InChI=1S/C11H14N4O2S2/c1-8-10(18-7-14-8)6-15-19(16,17)11-3-2-9(4-12)5-13-11/h2-3,5,7,15H,4,6,12H2,1H3. The molecule has 3 N–H and O–H groups in total. The number of hydrogen-bond donors (Lipinski definition) is 2.